The summed E-state index contributed by atoms with van der Waals surface area (Å²) in [4.78, 5) is 15.8. The van der Waals surface area contributed by atoms with Crippen LogP contribution in [0.2, 0.25) is 0 Å². The Morgan fingerprint density at radius 3 is 2.76 bits per heavy atom. The number of thioether (sulfide) groups is 1. The monoisotopic (exact) mass is 273 g/mol. The maximum Gasteiger partial charge on any atom is 0.315 e. The first-order valence-electron chi connectivity index (χ1n) is 5.41. The summed E-state index contributed by atoms with van der Waals surface area (Å²) >= 11 is 3.30. The van der Waals surface area contributed by atoms with Gasteiger partial charge >= 0.3 is 6.03 Å². The summed E-state index contributed by atoms with van der Waals surface area (Å²) in [6.07, 6.45) is 2.04. The molecule has 0 aliphatic carbocycles. The molecule has 0 fully saturated rings. The standard InChI is InChI=1S/C11H19N3OS2/c1-8-6-17-9(14-8)5-12-10(15)13-7-11(2,3)16-4/h6H,5,7H2,1-4H3,(H2,12,13,15). The molecule has 2 N–H and O–H groups in total. The number of carbonyl (C=O) groups is 1. The molecule has 0 aliphatic heterocycles. The molecule has 0 aliphatic rings. The molecule has 0 unspecified atom stereocenters. The van der Waals surface area contributed by atoms with Crippen LogP contribution in [-0.2, 0) is 6.54 Å². The lowest BCUT2D eigenvalue weighted by atomic mass is 10.2. The van der Waals surface area contributed by atoms with Crippen molar-refractivity contribution in [3.05, 3.63) is 16.1 Å². The second-order valence-electron chi connectivity index (χ2n) is 4.38. The first kappa shape index (κ1) is 14.3. The van der Waals surface area contributed by atoms with Gasteiger partial charge in [-0.25, -0.2) is 9.78 Å². The van der Waals surface area contributed by atoms with Crippen molar-refractivity contribution in [2.75, 3.05) is 12.8 Å². The van der Waals surface area contributed by atoms with Gasteiger partial charge in [-0.3, -0.25) is 0 Å². The quantitative estimate of drug-likeness (QED) is 0.866. The second-order valence-corrected chi connectivity index (χ2v) is 6.84. The van der Waals surface area contributed by atoms with Gasteiger partial charge in [0.25, 0.3) is 0 Å². The number of carbonyl (C=O) groups excluding carboxylic acids is 1. The molecule has 17 heavy (non-hydrogen) atoms. The van der Waals surface area contributed by atoms with Crippen LogP contribution in [0.3, 0.4) is 0 Å². The largest absolute Gasteiger partial charge is 0.337 e. The third-order valence-corrected chi connectivity index (χ3v) is 4.51. The highest BCUT2D eigenvalue weighted by Gasteiger charge is 2.16. The Morgan fingerprint density at radius 1 is 1.53 bits per heavy atom. The molecule has 0 radical (unpaired) electrons. The highest BCUT2D eigenvalue weighted by Crippen LogP contribution is 2.19. The van der Waals surface area contributed by atoms with Crippen LogP contribution in [0.5, 0.6) is 0 Å². The van der Waals surface area contributed by atoms with Crippen LogP contribution in [-0.4, -0.2) is 28.6 Å². The molecule has 0 atom stereocenters. The van der Waals surface area contributed by atoms with Gasteiger partial charge in [-0.1, -0.05) is 0 Å². The molecule has 1 aromatic heterocycles. The number of urea groups is 1. The molecule has 0 saturated heterocycles. The van der Waals surface area contributed by atoms with Crippen LogP contribution in [0, 0.1) is 6.92 Å². The van der Waals surface area contributed by atoms with Crippen molar-refractivity contribution in [1.29, 1.82) is 0 Å². The van der Waals surface area contributed by atoms with Crippen LogP contribution >= 0.6 is 23.1 Å². The van der Waals surface area contributed by atoms with Gasteiger partial charge in [-0.05, 0) is 27.0 Å². The molecule has 0 spiro atoms. The smallest absolute Gasteiger partial charge is 0.315 e. The van der Waals surface area contributed by atoms with E-state index < -0.39 is 0 Å². The van der Waals surface area contributed by atoms with Gasteiger partial charge < -0.3 is 10.6 Å². The first-order valence-corrected chi connectivity index (χ1v) is 7.51. The van der Waals surface area contributed by atoms with Gasteiger partial charge in [0.15, 0.2) is 0 Å². The van der Waals surface area contributed by atoms with Crippen LogP contribution in [0.25, 0.3) is 0 Å². The predicted molar refractivity (Wildman–Crippen MR) is 74.7 cm³/mol. The maximum absolute atomic E-state index is 11.5. The Balaban J connectivity index is 2.26. The highest BCUT2D eigenvalue weighted by atomic mass is 32.2. The number of aromatic nitrogens is 1. The minimum Gasteiger partial charge on any atom is -0.337 e. The van der Waals surface area contributed by atoms with E-state index in [2.05, 4.69) is 29.5 Å². The van der Waals surface area contributed by atoms with E-state index in [1.165, 1.54) is 0 Å². The predicted octanol–water partition coefficient (Wildman–Crippen LogP) is 2.39. The summed E-state index contributed by atoms with van der Waals surface area (Å²) in [7, 11) is 0. The Bertz CT molecular complexity index is 377. The molecule has 4 nitrogen and oxygen atoms in total. The lowest BCUT2D eigenvalue weighted by molar-refractivity contribution is 0.239. The van der Waals surface area contributed by atoms with Crippen molar-refractivity contribution in [1.82, 2.24) is 15.6 Å². The molecule has 0 aromatic carbocycles. The van der Waals surface area contributed by atoms with Crippen LogP contribution in [0.4, 0.5) is 4.79 Å². The lowest BCUT2D eigenvalue weighted by Gasteiger charge is -2.22. The summed E-state index contributed by atoms with van der Waals surface area (Å²) in [6.45, 7) is 7.28. The van der Waals surface area contributed by atoms with Crippen molar-refractivity contribution in [3.63, 3.8) is 0 Å². The van der Waals surface area contributed by atoms with Gasteiger partial charge in [0, 0.05) is 22.4 Å². The van der Waals surface area contributed by atoms with E-state index in [-0.39, 0.29) is 10.8 Å². The fourth-order valence-corrected chi connectivity index (χ4v) is 2.00. The molecule has 0 bridgehead atoms. The van der Waals surface area contributed by atoms with E-state index in [1.54, 1.807) is 23.1 Å². The van der Waals surface area contributed by atoms with Crippen LogP contribution in [0.1, 0.15) is 24.5 Å². The highest BCUT2D eigenvalue weighted by molar-refractivity contribution is 7.99. The SMILES string of the molecule is CSC(C)(C)CNC(=O)NCc1nc(C)cs1. The number of nitrogens with zero attached hydrogens (tertiary/aromatic N) is 1. The van der Waals surface area contributed by atoms with Crippen molar-refractivity contribution in [3.8, 4) is 0 Å². The molecule has 1 heterocycles. The van der Waals surface area contributed by atoms with Crippen molar-refractivity contribution in [2.24, 2.45) is 0 Å². The number of rotatable bonds is 5. The minimum atomic E-state index is -0.139. The van der Waals surface area contributed by atoms with Gasteiger partial charge in [0.05, 0.1) is 6.54 Å². The summed E-state index contributed by atoms with van der Waals surface area (Å²) in [5.74, 6) is 0. The molecule has 1 rings (SSSR count). The molecule has 0 saturated carbocycles. The van der Waals surface area contributed by atoms with Gasteiger partial charge in [0.2, 0.25) is 0 Å². The number of aryl methyl sites for hydroxylation is 1. The number of nitrogens with one attached hydrogen (secondary N) is 2. The number of hydrogen-bond acceptors (Lipinski definition) is 4. The Hall–Kier alpha value is -0.750. The van der Waals surface area contributed by atoms with Gasteiger partial charge in [-0.2, -0.15) is 11.8 Å². The zero-order chi connectivity index (χ0) is 12.9. The Labute approximate surface area is 111 Å². The lowest BCUT2D eigenvalue weighted by Crippen LogP contribution is -2.41. The first-order chi connectivity index (χ1) is 7.93. The summed E-state index contributed by atoms with van der Waals surface area (Å²) in [5.41, 5.74) is 0.996. The van der Waals surface area contributed by atoms with E-state index in [1.807, 2.05) is 18.6 Å². The fourth-order valence-electron chi connectivity index (χ4n) is 1.07. The van der Waals surface area contributed by atoms with Crippen LogP contribution < -0.4 is 10.6 Å². The average Bonchev–Trinajstić information content (AvgIpc) is 2.70. The van der Waals surface area contributed by atoms with Gasteiger partial charge in [0.1, 0.15) is 5.01 Å². The minimum absolute atomic E-state index is 0.0646. The number of thiazole rings is 1. The molecule has 1 aromatic rings. The third kappa shape index (κ3) is 5.41. The number of amides is 2. The molecule has 2 amide bonds. The van der Waals surface area contributed by atoms with Gasteiger partial charge in [-0.15, -0.1) is 11.3 Å². The van der Waals surface area contributed by atoms with E-state index in [9.17, 15) is 4.79 Å². The Kier molecular flexibility index (Phi) is 5.27. The van der Waals surface area contributed by atoms with E-state index in [4.69, 9.17) is 0 Å². The average molecular weight is 273 g/mol. The molecule has 6 heteroatoms. The topological polar surface area (TPSA) is 54.0 Å². The summed E-state index contributed by atoms with van der Waals surface area (Å²) < 4.78 is 0.0646. The second kappa shape index (κ2) is 6.26. The third-order valence-electron chi connectivity index (χ3n) is 2.29. The van der Waals surface area contributed by atoms with Crippen molar-refractivity contribution >= 4 is 29.1 Å². The molecular weight excluding hydrogens is 254 g/mol. The fraction of sp³-hybridized carbons (Fsp3) is 0.636. The number of hydrogen-bond donors (Lipinski definition) is 2. The van der Waals surface area contributed by atoms with E-state index >= 15 is 0 Å². The van der Waals surface area contributed by atoms with Crippen molar-refractivity contribution < 1.29 is 4.79 Å². The van der Waals surface area contributed by atoms with Crippen molar-refractivity contribution in [2.45, 2.75) is 32.1 Å². The maximum atomic E-state index is 11.5. The Morgan fingerprint density at radius 2 is 2.24 bits per heavy atom. The zero-order valence-electron chi connectivity index (χ0n) is 10.7. The summed E-state index contributed by atoms with van der Waals surface area (Å²) in [5, 5.41) is 8.56. The van der Waals surface area contributed by atoms with E-state index in [0.29, 0.717) is 13.1 Å². The van der Waals surface area contributed by atoms with Crippen LogP contribution in [0.15, 0.2) is 5.38 Å². The summed E-state index contributed by atoms with van der Waals surface area (Å²) in [6, 6.07) is -0.139. The normalized spacial score (nSPS) is 11.3. The molecular formula is C11H19N3OS2. The zero-order valence-corrected chi connectivity index (χ0v) is 12.3. The molecule has 96 valence electrons. The van der Waals surface area contributed by atoms with E-state index in [0.717, 1.165) is 10.7 Å².